The summed E-state index contributed by atoms with van der Waals surface area (Å²) in [6.07, 6.45) is 5.15. The number of nitrogens with zero attached hydrogens (tertiary/aromatic N) is 5. The molecule has 0 aliphatic carbocycles. The standard InChI is InChI=1S/C14H14N6/c1-10-3-5-11(6-4-10)12-17-13(15-2)19-14(18-12)20-8-7-16-9-20/h3-9H,1-2H3,(H,15,17,18,19). The van der Waals surface area contributed by atoms with Gasteiger partial charge < -0.3 is 5.32 Å². The first-order chi connectivity index (χ1) is 9.76. The van der Waals surface area contributed by atoms with Crippen molar-refractivity contribution >= 4 is 5.95 Å². The van der Waals surface area contributed by atoms with E-state index in [9.17, 15) is 0 Å². The minimum Gasteiger partial charge on any atom is -0.357 e. The van der Waals surface area contributed by atoms with Crippen LogP contribution in [0.2, 0.25) is 0 Å². The Morgan fingerprint density at radius 3 is 2.50 bits per heavy atom. The molecule has 2 heterocycles. The molecule has 0 fully saturated rings. The number of hydrogen-bond acceptors (Lipinski definition) is 5. The lowest BCUT2D eigenvalue weighted by Crippen LogP contribution is -2.06. The van der Waals surface area contributed by atoms with Crippen molar-refractivity contribution < 1.29 is 0 Å². The molecule has 1 aromatic carbocycles. The summed E-state index contributed by atoms with van der Waals surface area (Å²) in [5.74, 6) is 1.70. The van der Waals surface area contributed by atoms with Gasteiger partial charge in [-0.05, 0) is 6.92 Å². The van der Waals surface area contributed by atoms with E-state index in [2.05, 4.69) is 25.3 Å². The van der Waals surface area contributed by atoms with E-state index in [1.54, 1.807) is 30.3 Å². The van der Waals surface area contributed by atoms with Crippen molar-refractivity contribution in [1.82, 2.24) is 24.5 Å². The molecule has 0 spiro atoms. The smallest absolute Gasteiger partial charge is 0.240 e. The van der Waals surface area contributed by atoms with Crippen molar-refractivity contribution in [2.24, 2.45) is 0 Å². The minimum absolute atomic E-state index is 0.527. The topological polar surface area (TPSA) is 68.5 Å². The highest BCUT2D eigenvalue weighted by molar-refractivity contribution is 5.57. The zero-order valence-corrected chi connectivity index (χ0v) is 11.3. The van der Waals surface area contributed by atoms with Crippen LogP contribution in [0.4, 0.5) is 5.95 Å². The van der Waals surface area contributed by atoms with Crippen molar-refractivity contribution in [3.8, 4) is 17.3 Å². The van der Waals surface area contributed by atoms with Crippen molar-refractivity contribution in [3.63, 3.8) is 0 Å². The highest BCUT2D eigenvalue weighted by atomic mass is 15.2. The van der Waals surface area contributed by atoms with Gasteiger partial charge >= 0.3 is 0 Å². The first-order valence-electron chi connectivity index (χ1n) is 6.25. The second-order valence-corrected chi connectivity index (χ2v) is 4.37. The molecule has 0 bridgehead atoms. The van der Waals surface area contributed by atoms with Crippen LogP contribution in [0.5, 0.6) is 0 Å². The summed E-state index contributed by atoms with van der Waals surface area (Å²) in [5, 5.41) is 2.95. The Hall–Kier alpha value is -2.76. The van der Waals surface area contributed by atoms with Crippen LogP contribution in [-0.4, -0.2) is 31.6 Å². The largest absolute Gasteiger partial charge is 0.357 e. The molecule has 0 radical (unpaired) electrons. The highest BCUT2D eigenvalue weighted by Crippen LogP contribution is 2.18. The fraction of sp³-hybridized carbons (Fsp3) is 0.143. The molecule has 0 unspecified atom stereocenters. The van der Waals surface area contributed by atoms with Gasteiger partial charge in [0.15, 0.2) is 5.82 Å². The van der Waals surface area contributed by atoms with Crippen LogP contribution in [0.1, 0.15) is 5.56 Å². The molecular weight excluding hydrogens is 252 g/mol. The zero-order chi connectivity index (χ0) is 13.9. The lowest BCUT2D eigenvalue weighted by atomic mass is 10.1. The quantitative estimate of drug-likeness (QED) is 0.786. The third-order valence-electron chi connectivity index (χ3n) is 2.89. The van der Waals surface area contributed by atoms with Gasteiger partial charge in [-0.3, -0.25) is 4.57 Å². The maximum absolute atomic E-state index is 4.48. The maximum Gasteiger partial charge on any atom is 0.240 e. The monoisotopic (exact) mass is 266 g/mol. The van der Waals surface area contributed by atoms with Gasteiger partial charge in [-0.25, -0.2) is 4.98 Å². The summed E-state index contributed by atoms with van der Waals surface area (Å²) < 4.78 is 1.75. The van der Waals surface area contributed by atoms with E-state index in [-0.39, 0.29) is 0 Å². The summed E-state index contributed by atoms with van der Waals surface area (Å²) >= 11 is 0. The number of nitrogens with one attached hydrogen (secondary N) is 1. The SMILES string of the molecule is CNc1nc(-c2ccc(C)cc2)nc(-n2ccnc2)n1. The summed E-state index contributed by atoms with van der Waals surface area (Å²) in [6.45, 7) is 2.05. The normalized spacial score (nSPS) is 10.5. The highest BCUT2D eigenvalue weighted by Gasteiger charge is 2.08. The predicted octanol–water partition coefficient (Wildman–Crippen LogP) is 2.07. The Morgan fingerprint density at radius 1 is 1.05 bits per heavy atom. The number of hydrogen-bond donors (Lipinski definition) is 1. The lowest BCUT2D eigenvalue weighted by molar-refractivity contribution is 0.902. The summed E-state index contributed by atoms with van der Waals surface area (Å²) in [5.41, 5.74) is 2.15. The Labute approximate surface area is 116 Å². The lowest BCUT2D eigenvalue weighted by Gasteiger charge is -2.07. The molecule has 0 atom stereocenters. The summed E-state index contributed by atoms with van der Waals surface area (Å²) in [6, 6.07) is 8.08. The van der Waals surface area contributed by atoms with Crippen LogP contribution < -0.4 is 5.32 Å². The van der Waals surface area contributed by atoms with Gasteiger partial charge in [0.2, 0.25) is 11.9 Å². The molecule has 0 saturated heterocycles. The van der Waals surface area contributed by atoms with Crippen LogP contribution in [0.25, 0.3) is 17.3 Å². The van der Waals surface area contributed by atoms with Crippen LogP contribution >= 0.6 is 0 Å². The number of rotatable bonds is 3. The molecule has 100 valence electrons. The Bertz CT molecular complexity index is 703. The molecular formula is C14H14N6. The third kappa shape index (κ3) is 2.35. The van der Waals surface area contributed by atoms with Gasteiger partial charge in [0.1, 0.15) is 6.33 Å². The van der Waals surface area contributed by atoms with Crippen molar-refractivity contribution in [2.45, 2.75) is 6.92 Å². The van der Waals surface area contributed by atoms with Crippen molar-refractivity contribution in [3.05, 3.63) is 48.5 Å². The van der Waals surface area contributed by atoms with Gasteiger partial charge in [-0.15, -0.1) is 0 Å². The number of aryl methyl sites for hydroxylation is 1. The van der Waals surface area contributed by atoms with Crippen LogP contribution in [0.15, 0.2) is 43.0 Å². The van der Waals surface area contributed by atoms with E-state index in [1.807, 2.05) is 31.2 Å². The molecule has 0 amide bonds. The van der Waals surface area contributed by atoms with E-state index in [4.69, 9.17) is 0 Å². The molecule has 1 N–H and O–H groups in total. The van der Waals surface area contributed by atoms with Crippen molar-refractivity contribution in [2.75, 3.05) is 12.4 Å². The average Bonchev–Trinajstić information content (AvgIpc) is 3.02. The molecule has 3 rings (SSSR count). The minimum atomic E-state index is 0.527. The summed E-state index contributed by atoms with van der Waals surface area (Å²) in [7, 11) is 1.78. The van der Waals surface area contributed by atoms with Crippen molar-refractivity contribution in [1.29, 1.82) is 0 Å². The number of benzene rings is 1. The molecule has 6 heteroatoms. The average molecular weight is 266 g/mol. The summed E-state index contributed by atoms with van der Waals surface area (Å²) in [4.78, 5) is 17.2. The first-order valence-corrected chi connectivity index (χ1v) is 6.25. The molecule has 6 nitrogen and oxygen atoms in total. The first kappa shape index (κ1) is 12.3. The Morgan fingerprint density at radius 2 is 1.85 bits per heavy atom. The van der Waals surface area contributed by atoms with E-state index in [0.29, 0.717) is 17.7 Å². The maximum atomic E-state index is 4.48. The van der Waals surface area contributed by atoms with Gasteiger partial charge in [-0.2, -0.15) is 15.0 Å². The van der Waals surface area contributed by atoms with E-state index in [1.165, 1.54) is 5.56 Å². The fourth-order valence-corrected chi connectivity index (χ4v) is 1.80. The Kier molecular flexibility index (Phi) is 3.12. The van der Waals surface area contributed by atoms with Crippen LogP contribution in [-0.2, 0) is 0 Å². The molecule has 3 aromatic rings. The van der Waals surface area contributed by atoms with Crippen LogP contribution in [0, 0.1) is 6.92 Å². The van der Waals surface area contributed by atoms with E-state index >= 15 is 0 Å². The fourth-order valence-electron chi connectivity index (χ4n) is 1.80. The zero-order valence-electron chi connectivity index (χ0n) is 11.3. The second-order valence-electron chi connectivity index (χ2n) is 4.37. The molecule has 2 aromatic heterocycles. The van der Waals surface area contributed by atoms with E-state index < -0.39 is 0 Å². The molecule has 20 heavy (non-hydrogen) atoms. The van der Waals surface area contributed by atoms with Gasteiger partial charge in [0.25, 0.3) is 0 Å². The second kappa shape index (κ2) is 5.08. The van der Waals surface area contributed by atoms with Gasteiger partial charge in [0.05, 0.1) is 0 Å². The number of anilines is 1. The third-order valence-corrected chi connectivity index (χ3v) is 2.89. The van der Waals surface area contributed by atoms with E-state index in [0.717, 1.165) is 5.56 Å². The molecule has 0 saturated carbocycles. The molecule has 0 aliphatic rings. The Balaban J connectivity index is 2.11. The van der Waals surface area contributed by atoms with Gasteiger partial charge in [-0.1, -0.05) is 29.8 Å². The number of imidazole rings is 1. The molecule has 0 aliphatic heterocycles. The van der Waals surface area contributed by atoms with Crippen LogP contribution in [0.3, 0.4) is 0 Å². The predicted molar refractivity (Wildman–Crippen MR) is 76.7 cm³/mol. The van der Waals surface area contributed by atoms with Gasteiger partial charge in [0, 0.05) is 25.0 Å². The number of aromatic nitrogens is 5.